The van der Waals surface area contributed by atoms with E-state index in [2.05, 4.69) is 13.8 Å². The Morgan fingerprint density at radius 3 is 2.50 bits per heavy atom. The molecule has 0 aromatic heterocycles. The second kappa shape index (κ2) is 5.40. The number of amides is 1. The van der Waals surface area contributed by atoms with Crippen LogP contribution in [0.5, 0.6) is 0 Å². The molecule has 0 saturated carbocycles. The van der Waals surface area contributed by atoms with E-state index < -0.39 is 4.92 Å². The third-order valence-corrected chi connectivity index (χ3v) is 4.12. The Morgan fingerprint density at radius 1 is 1.35 bits per heavy atom. The number of halogens is 1. The standard InChI is InChI=1S/C14H17ClN2O3/c1-14(2)5-7-16(8-6-14)13(18)11-9-10(17(19)20)3-4-12(11)15/h3-4,9H,5-8H2,1-2H3. The minimum atomic E-state index is -0.521. The predicted molar refractivity (Wildman–Crippen MR) is 77.0 cm³/mol. The first-order valence-corrected chi connectivity index (χ1v) is 6.91. The molecule has 1 fully saturated rings. The molecular weight excluding hydrogens is 280 g/mol. The number of nitro benzene ring substituents is 1. The van der Waals surface area contributed by atoms with Crippen LogP contribution in [0.1, 0.15) is 37.0 Å². The first kappa shape index (κ1) is 14.8. The van der Waals surface area contributed by atoms with Crippen LogP contribution in [0.25, 0.3) is 0 Å². The predicted octanol–water partition coefficient (Wildman–Crippen LogP) is 3.51. The molecule has 1 aliphatic heterocycles. The van der Waals surface area contributed by atoms with Crippen molar-refractivity contribution in [2.75, 3.05) is 13.1 Å². The summed E-state index contributed by atoms with van der Waals surface area (Å²) in [6, 6.07) is 3.96. The molecule has 1 aromatic carbocycles. The second-order valence-corrected chi connectivity index (χ2v) is 6.28. The molecule has 5 nitrogen and oxygen atoms in total. The van der Waals surface area contributed by atoms with Crippen LogP contribution in [0.2, 0.25) is 5.02 Å². The van der Waals surface area contributed by atoms with Crippen molar-refractivity contribution in [1.82, 2.24) is 4.90 Å². The number of benzene rings is 1. The van der Waals surface area contributed by atoms with Crippen LogP contribution in [0, 0.1) is 15.5 Å². The molecule has 0 atom stereocenters. The summed E-state index contributed by atoms with van der Waals surface area (Å²) in [4.78, 5) is 24.4. The summed E-state index contributed by atoms with van der Waals surface area (Å²) in [7, 11) is 0. The van der Waals surface area contributed by atoms with Gasteiger partial charge in [-0.15, -0.1) is 0 Å². The topological polar surface area (TPSA) is 63.5 Å². The normalized spacial score (nSPS) is 17.9. The van der Waals surface area contributed by atoms with Crippen molar-refractivity contribution in [1.29, 1.82) is 0 Å². The maximum absolute atomic E-state index is 12.4. The van der Waals surface area contributed by atoms with Gasteiger partial charge in [-0.25, -0.2) is 0 Å². The maximum Gasteiger partial charge on any atom is 0.270 e. The zero-order chi connectivity index (χ0) is 14.9. The number of rotatable bonds is 2. The highest BCUT2D eigenvalue weighted by Gasteiger charge is 2.29. The SMILES string of the molecule is CC1(C)CCN(C(=O)c2cc([N+](=O)[O-])ccc2Cl)CC1. The average Bonchev–Trinajstić information content (AvgIpc) is 2.38. The minimum Gasteiger partial charge on any atom is -0.339 e. The molecular formula is C14H17ClN2O3. The monoisotopic (exact) mass is 296 g/mol. The quantitative estimate of drug-likeness (QED) is 0.619. The van der Waals surface area contributed by atoms with Crippen molar-refractivity contribution in [3.63, 3.8) is 0 Å². The van der Waals surface area contributed by atoms with Gasteiger partial charge in [-0.05, 0) is 24.3 Å². The van der Waals surface area contributed by atoms with E-state index >= 15 is 0 Å². The molecule has 108 valence electrons. The third kappa shape index (κ3) is 3.10. The summed E-state index contributed by atoms with van der Waals surface area (Å²) >= 11 is 6.00. The lowest BCUT2D eigenvalue weighted by Gasteiger charge is -2.37. The van der Waals surface area contributed by atoms with E-state index in [1.165, 1.54) is 18.2 Å². The lowest BCUT2D eigenvalue weighted by molar-refractivity contribution is -0.384. The summed E-state index contributed by atoms with van der Waals surface area (Å²) in [6.07, 6.45) is 1.84. The number of piperidine rings is 1. The Balaban J connectivity index is 2.21. The molecule has 0 unspecified atom stereocenters. The molecule has 1 saturated heterocycles. The highest BCUT2D eigenvalue weighted by molar-refractivity contribution is 6.33. The minimum absolute atomic E-state index is 0.116. The number of hydrogen-bond acceptors (Lipinski definition) is 3. The van der Waals surface area contributed by atoms with Crippen LogP contribution in [0.4, 0.5) is 5.69 Å². The van der Waals surface area contributed by atoms with E-state index in [1.54, 1.807) is 4.90 Å². The average molecular weight is 297 g/mol. The van der Waals surface area contributed by atoms with Crippen LogP contribution in [-0.2, 0) is 0 Å². The Morgan fingerprint density at radius 2 is 1.95 bits per heavy atom. The van der Waals surface area contributed by atoms with Gasteiger partial charge in [-0.3, -0.25) is 14.9 Å². The largest absolute Gasteiger partial charge is 0.339 e. The Labute approximate surface area is 122 Å². The first-order valence-electron chi connectivity index (χ1n) is 6.53. The third-order valence-electron chi connectivity index (χ3n) is 3.80. The van der Waals surface area contributed by atoms with Crippen LogP contribution in [-0.4, -0.2) is 28.8 Å². The molecule has 1 aromatic rings. The first-order chi connectivity index (χ1) is 9.30. The van der Waals surface area contributed by atoms with E-state index in [1.807, 2.05) is 0 Å². The maximum atomic E-state index is 12.4. The van der Waals surface area contributed by atoms with Gasteiger partial charge in [0.15, 0.2) is 0 Å². The molecule has 1 amide bonds. The highest BCUT2D eigenvalue weighted by Crippen LogP contribution is 2.31. The lowest BCUT2D eigenvalue weighted by atomic mass is 9.82. The Hall–Kier alpha value is -1.62. The molecule has 2 rings (SSSR count). The lowest BCUT2D eigenvalue weighted by Crippen LogP contribution is -2.41. The molecule has 20 heavy (non-hydrogen) atoms. The molecule has 0 radical (unpaired) electrons. The number of nitro groups is 1. The van der Waals surface area contributed by atoms with E-state index in [-0.39, 0.29) is 27.6 Å². The fraction of sp³-hybridized carbons (Fsp3) is 0.500. The van der Waals surface area contributed by atoms with Gasteiger partial charge in [0.2, 0.25) is 0 Å². The molecule has 6 heteroatoms. The second-order valence-electron chi connectivity index (χ2n) is 5.88. The Bertz CT molecular complexity index is 547. The Kier molecular flexibility index (Phi) is 3.99. The van der Waals surface area contributed by atoms with E-state index in [0.29, 0.717) is 13.1 Å². The van der Waals surface area contributed by atoms with Crippen LogP contribution in [0.3, 0.4) is 0 Å². The zero-order valence-electron chi connectivity index (χ0n) is 11.6. The van der Waals surface area contributed by atoms with Gasteiger partial charge >= 0.3 is 0 Å². The van der Waals surface area contributed by atoms with E-state index in [0.717, 1.165) is 12.8 Å². The smallest absolute Gasteiger partial charge is 0.270 e. The van der Waals surface area contributed by atoms with Crippen LogP contribution < -0.4 is 0 Å². The molecule has 0 N–H and O–H groups in total. The van der Waals surface area contributed by atoms with E-state index in [4.69, 9.17) is 11.6 Å². The van der Waals surface area contributed by atoms with Crippen molar-refractivity contribution < 1.29 is 9.72 Å². The number of nitrogens with zero attached hydrogens (tertiary/aromatic N) is 2. The number of non-ortho nitro benzene ring substituents is 1. The van der Waals surface area contributed by atoms with Gasteiger partial charge in [-0.2, -0.15) is 0 Å². The summed E-state index contributed by atoms with van der Waals surface area (Å²) in [5.41, 5.74) is 0.333. The van der Waals surface area contributed by atoms with Crippen molar-refractivity contribution >= 4 is 23.2 Å². The number of hydrogen-bond donors (Lipinski definition) is 0. The van der Waals surface area contributed by atoms with Gasteiger partial charge in [0.1, 0.15) is 0 Å². The fourth-order valence-corrected chi connectivity index (χ4v) is 2.47. The summed E-state index contributed by atoms with van der Waals surface area (Å²) < 4.78 is 0. The van der Waals surface area contributed by atoms with Crippen molar-refractivity contribution in [2.45, 2.75) is 26.7 Å². The van der Waals surface area contributed by atoms with E-state index in [9.17, 15) is 14.9 Å². The number of carbonyl (C=O) groups is 1. The van der Waals surface area contributed by atoms with Crippen LogP contribution >= 0.6 is 11.6 Å². The molecule has 1 aliphatic rings. The highest BCUT2D eigenvalue weighted by atomic mass is 35.5. The molecule has 0 spiro atoms. The number of likely N-dealkylation sites (tertiary alicyclic amines) is 1. The van der Waals surface area contributed by atoms with Crippen molar-refractivity contribution in [3.05, 3.63) is 38.9 Å². The van der Waals surface area contributed by atoms with Crippen molar-refractivity contribution in [3.8, 4) is 0 Å². The molecule has 0 aliphatic carbocycles. The van der Waals surface area contributed by atoms with Gasteiger partial charge < -0.3 is 4.90 Å². The molecule has 1 heterocycles. The summed E-state index contributed by atoms with van der Waals surface area (Å²) in [6.45, 7) is 5.67. The van der Waals surface area contributed by atoms with Gasteiger partial charge in [0, 0.05) is 25.2 Å². The van der Waals surface area contributed by atoms with Gasteiger partial charge in [0.25, 0.3) is 11.6 Å². The zero-order valence-corrected chi connectivity index (χ0v) is 12.3. The van der Waals surface area contributed by atoms with Gasteiger partial charge in [-0.1, -0.05) is 25.4 Å². The molecule has 0 bridgehead atoms. The van der Waals surface area contributed by atoms with Crippen molar-refractivity contribution in [2.24, 2.45) is 5.41 Å². The fourth-order valence-electron chi connectivity index (χ4n) is 2.28. The number of carbonyl (C=O) groups excluding carboxylic acids is 1. The van der Waals surface area contributed by atoms with Crippen LogP contribution in [0.15, 0.2) is 18.2 Å². The summed E-state index contributed by atoms with van der Waals surface area (Å²) in [5, 5.41) is 11.0. The summed E-state index contributed by atoms with van der Waals surface area (Å²) in [5.74, 6) is -0.228. The van der Waals surface area contributed by atoms with Gasteiger partial charge in [0.05, 0.1) is 15.5 Å².